The van der Waals surface area contributed by atoms with Crippen molar-refractivity contribution in [2.24, 2.45) is 5.92 Å². The molecule has 1 heterocycles. The van der Waals surface area contributed by atoms with Crippen LogP contribution in [0.25, 0.3) is 10.8 Å². The second-order valence-corrected chi connectivity index (χ2v) is 6.01. The molecule has 22 heavy (non-hydrogen) atoms. The maximum Gasteiger partial charge on any atom is 0.242 e. The van der Waals surface area contributed by atoms with Crippen LogP contribution < -0.4 is 5.32 Å². The number of carbonyl (C=O) groups excluding carboxylic acids is 1. The van der Waals surface area contributed by atoms with E-state index in [1.54, 1.807) is 11.3 Å². The molecule has 0 bridgehead atoms. The van der Waals surface area contributed by atoms with Crippen molar-refractivity contribution in [1.29, 1.82) is 5.26 Å². The van der Waals surface area contributed by atoms with E-state index < -0.39 is 5.92 Å². The Balaban J connectivity index is 1.81. The summed E-state index contributed by atoms with van der Waals surface area (Å²) in [4.78, 5) is 13.4. The summed E-state index contributed by atoms with van der Waals surface area (Å²) in [6.45, 7) is 0. The molecule has 3 aromatic rings. The summed E-state index contributed by atoms with van der Waals surface area (Å²) in [5.74, 6) is -0.940. The number of fused-ring (bicyclic) bond motifs is 1. The Morgan fingerprint density at radius 3 is 2.73 bits per heavy atom. The molecule has 1 amide bonds. The molecule has 1 atom stereocenters. The van der Waals surface area contributed by atoms with Crippen LogP contribution in [-0.2, 0) is 11.2 Å². The smallest absolute Gasteiger partial charge is 0.242 e. The molecule has 1 unspecified atom stereocenters. The normalized spacial score (nSPS) is 11.8. The molecular weight excluding hydrogens is 292 g/mol. The number of nitrogens with one attached hydrogen (secondary N) is 1. The molecule has 1 N–H and O–H groups in total. The number of hydrogen-bond donors (Lipinski definition) is 1. The van der Waals surface area contributed by atoms with Gasteiger partial charge >= 0.3 is 0 Å². The molecule has 0 aliphatic heterocycles. The van der Waals surface area contributed by atoms with E-state index in [1.165, 1.54) is 0 Å². The van der Waals surface area contributed by atoms with Crippen molar-refractivity contribution in [1.82, 2.24) is 0 Å². The Labute approximate surface area is 132 Å². The van der Waals surface area contributed by atoms with Crippen LogP contribution in [0.3, 0.4) is 0 Å². The van der Waals surface area contributed by atoms with Gasteiger partial charge in [-0.2, -0.15) is 5.26 Å². The lowest BCUT2D eigenvalue weighted by atomic mass is 10.0. The third kappa shape index (κ3) is 3.00. The average molecular weight is 306 g/mol. The number of amides is 1. The topological polar surface area (TPSA) is 52.9 Å². The molecule has 0 saturated heterocycles. The highest BCUT2D eigenvalue weighted by Crippen LogP contribution is 2.24. The number of benzene rings is 2. The summed E-state index contributed by atoms with van der Waals surface area (Å²) < 4.78 is 0. The molecule has 0 radical (unpaired) electrons. The van der Waals surface area contributed by atoms with E-state index in [0.717, 1.165) is 21.3 Å². The minimum atomic E-state index is -0.683. The van der Waals surface area contributed by atoms with Gasteiger partial charge in [0.2, 0.25) is 5.91 Å². The van der Waals surface area contributed by atoms with Gasteiger partial charge in [0, 0.05) is 22.4 Å². The Hall–Kier alpha value is -2.64. The van der Waals surface area contributed by atoms with Crippen LogP contribution in [0, 0.1) is 17.2 Å². The van der Waals surface area contributed by atoms with Crippen LogP contribution in [0.4, 0.5) is 5.69 Å². The van der Waals surface area contributed by atoms with Crippen LogP contribution in [-0.4, -0.2) is 5.91 Å². The van der Waals surface area contributed by atoms with E-state index in [4.69, 9.17) is 0 Å². The van der Waals surface area contributed by atoms with E-state index in [-0.39, 0.29) is 5.91 Å². The summed E-state index contributed by atoms with van der Waals surface area (Å²) in [5, 5.41) is 16.2. The van der Waals surface area contributed by atoms with Crippen LogP contribution in [0.1, 0.15) is 4.88 Å². The van der Waals surface area contributed by atoms with Crippen molar-refractivity contribution in [3.05, 3.63) is 64.9 Å². The lowest BCUT2D eigenvalue weighted by molar-refractivity contribution is -0.118. The van der Waals surface area contributed by atoms with Crippen LogP contribution in [0.2, 0.25) is 0 Å². The zero-order valence-electron chi connectivity index (χ0n) is 11.8. The van der Waals surface area contributed by atoms with Crippen molar-refractivity contribution < 1.29 is 4.79 Å². The summed E-state index contributed by atoms with van der Waals surface area (Å²) in [5.41, 5.74) is 0.745. The first kappa shape index (κ1) is 14.3. The monoisotopic (exact) mass is 306 g/mol. The maximum absolute atomic E-state index is 12.4. The third-order valence-electron chi connectivity index (χ3n) is 3.51. The number of hydrogen-bond acceptors (Lipinski definition) is 3. The fourth-order valence-electron chi connectivity index (χ4n) is 2.38. The molecule has 3 nitrogen and oxygen atoms in total. The molecule has 2 aromatic carbocycles. The van der Waals surface area contributed by atoms with Crippen molar-refractivity contribution in [2.75, 3.05) is 5.32 Å². The molecule has 4 heteroatoms. The van der Waals surface area contributed by atoms with Gasteiger partial charge in [0.05, 0.1) is 6.07 Å². The first-order chi connectivity index (χ1) is 10.8. The quantitative estimate of drug-likeness (QED) is 0.784. The lowest BCUT2D eigenvalue weighted by Gasteiger charge is -2.11. The zero-order chi connectivity index (χ0) is 15.4. The van der Waals surface area contributed by atoms with Gasteiger partial charge in [0.1, 0.15) is 5.92 Å². The van der Waals surface area contributed by atoms with Gasteiger partial charge in [-0.3, -0.25) is 4.79 Å². The standard InChI is InChI=1S/C18H14N2OS/c19-12-14(11-15-7-4-10-22-15)18(21)20-17-9-3-6-13-5-1-2-8-16(13)17/h1-10,14H,11H2,(H,20,21). The van der Waals surface area contributed by atoms with Gasteiger partial charge in [-0.25, -0.2) is 0 Å². The molecule has 3 rings (SSSR count). The predicted octanol–water partition coefficient (Wildman–Crippen LogP) is 4.22. The maximum atomic E-state index is 12.4. The third-order valence-corrected chi connectivity index (χ3v) is 4.40. The SMILES string of the molecule is N#CC(Cc1cccs1)C(=O)Nc1cccc2ccccc12. The lowest BCUT2D eigenvalue weighted by Crippen LogP contribution is -2.23. The van der Waals surface area contributed by atoms with E-state index in [0.29, 0.717) is 6.42 Å². The second kappa shape index (κ2) is 6.42. The van der Waals surface area contributed by atoms with Gasteiger partial charge in [0.15, 0.2) is 0 Å². The molecule has 0 fully saturated rings. The molecular formula is C18H14N2OS. The fraction of sp³-hybridized carbons (Fsp3) is 0.111. The number of thiophene rings is 1. The van der Waals surface area contributed by atoms with Crippen molar-refractivity contribution in [3.63, 3.8) is 0 Å². The first-order valence-corrected chi connectivity index (χ1v) is 7.86. The van der Waals surface area contributed by atoms with Crippen LogP contribution in [0.15, 0.2) is 60.0 Å². The minimum Gasteiger partial charge on any atom is -0.324 e. The molecule has 1 aromatic heterocycles. The summed E-state index contributed by atoms with van der Waals surface area (Å²) in [7, 11) is 0. The van der Waals surface area contributed by atoms with E-state index in [9.17, 15) is 10.1 Å². The van der Waals surface area contributed by atoms with E-state index in [2.05, 4.69) is 11.4 Å². The molecule has 0 aliphatic carbocycles. The highest BCUT2D eigenvalue weighted by molar-refractivity contribution is 7.09. The van der Waals surface area contributed by atoms with Gasteiger partial charge in [-0.05, 0) is 22.9 Å². The van der Waals surface area contributed by atoms with Crippen molar-refractivity contribution in [2.45, 2.75) is 6.42 Å². The number of anilines is 1. The molecule has 0 saturated carbocycles. The zero-order valence-corrected chi connectivity index (χ0v) is 12.6. The van der Waals surface area contributed by atoms with Gasteiger partial charge < -0.3 is 5.32 Å². The number of carbonyl (C=O) groups is 1. The number of nitrogens with zero attached hydrogens (tertiary/aromatic N) is 1. The van der Waals surface area contributed by atoms with Crippen LogP contribution >= 0.6 is 11.3 Å². The van der Waals surface area contributed by atoms with Gasteiger partial charge in [-0.1, -0.05) is 42.5 Å². The van der Waals surface area contributed by atoms with E-state index in [1.807, 2.05) is 60.0 Å². The Bertz CT molecular complexity index is 828. The summed E-state index contributed by atoms with van der Waals surface area (Å²) >= 11 is 1.56. The number of rotatable bonds is 4. The van der Waals surface area contributed by atoms with Crippen molar-refractivity contribution >= 4 is 33.7 Å². The average Bonchev–Trinajstić information content (AvgIpc) is 3.06. The van der Waals surface area contributed by atoms with E-state index >= 15 is 0 Å². The Kier molecular flexibility index (Phi) is 4.17. The Morgan fingerprint density at radius 1 is 1.14 bits per heavy atom. The highest BCUT2D eigenvalue weighted by Gasteiger charge is 2.19. The Morgan fingerprint density at radius 2 is 1.95 bits per heavy atom. The summed E-state index contributed by atoms with van der Waals surface area (Å²) in [6, 6.07) is 19.6. The molecule has 108 valence electrons. The van der Waals surface area contributed by atoms with Gasteiger partial charge in [0.25, 0.3) is 0 Å². The van der Waals surface area contributed by atoms with Crippen LogP contribution in [0.5, 0.6) is 0 Å². The highest BCUT2D eigenvalue weighted by atomic mass is 32.1. The minimum absolute atomic E-state index is 0.257. The molecule has 0 aliphatic rings. The largest absolute Gasteiger partial charge is 0.324 e. The van der Waals surface area contributed by atoms with Crippen molar-refractivity contribution in [3.8, 4) is 6.07 Å². The van der Waals surface area contributed by atoms with Gasteiger partial charge in [-0.15, -0.1) is 11.3 Å². The second-order valence-electron chi connectivity index (χ2n) is 4.98. The number of nitriles is 1. The fourth-order valence-corrected chi connectivity index (χ4v) is 3.13. The molecule has 0 spiro atoms. The predicted molar refractivity (Wildman–Crippen MR) is 89.7 cm³/mol. The summed E-state index contributed by atoms with van der Waals surface area (Å²) in [6.07, 6.45) is 0.449. The first-order valence-electron chi connectivity index (χ1n) is 6.98.